The van der Waals surface area contributed by atoms with Crippen LogP contribution in [0.5, 0.6) is 0 Å². The molecule has 1 unspecified atom stereocenters. The monoisotopic (exact) mass is 459 g/mol. The number of hydrogen-bond acceptors (Lipinski definition) is 7. The zero-order valence-electron chi connectivity index (χ0n) is 16.1. The fraction of sp³-hybridized carbons (Fsp3) is 0.105. The second-order valence-corrected chi connectivity index (χ2v) is 9.29. The molecule has 0 radical (unpaired) electrons. The number of carbonyl (C=O) groups excluding carboxylic acids is 1. The predicted octanol–water partition coefficient (Wildman–Crippen LogP) is 1.03. The summed E-state index contributed by atoms with van der Waals surface area (Å²) in [6.45, 7) is 1.75. The highest BCUT2D eigenvalue weighted by Crippen LogP contribution is 2.30. The molecular formula is C19H17N5O5S2. The van der Waals surface area contributed by atoms with Gasteiger partial charge >= 0.3 is 11.1 Å². The normalized spacial score (nSPS) is 16.5. The van der Waals surface area contributed by atoms with Crippen LogP contribution in [0, 0.1) is 0 Å². The number of sulfonamides is 1. The van der Waals surface area contributed by atoms with Crippen molar-refractivity contribution in [3.63, 3.8) is 0 Å². The summed E-state index contributed by atoms with van der Waals surface area (Å²) in [5.41, 5.74) is 1.87. The number of aromatic nitrogens is 2. The van der Waals surface area contributed by atoms with Crippen molar-refractivity contribution in [2.75, 3.05) is 0 Å². The minimum atomic E-state index is -4.04. The number of fused-ring (bicyclic) bond motifs is 1. The Morgan fingerprint density at radius 2 is 1.71 bits per heavy atom. The van der Waals surface area contributed by atoms with Crippen LogP contribution in [0.15, 0.2) is 74.1 Å². The Balaban J connectivity index is 1.54. The van der Waals surface area contributed by atoms with Gasteiger partial charge in [-0.2, -0.15) is 0 Å². The van der Waals surface area contributed by atoms with Crippen LogP contribution >= 0.6 is 11.8 Å². The summed E-state index contributed by atoms with van der Waals surface area (Å²) in [4.78, 5) is 44.1. The largest absolute Gasteiger partial charge is 0.316 e. The van der Waals surface area contributed by atoms with Crippen LogP contribution in [0.1, 0.15) is 17.3 Å². The van der Waals surface area contributed by atoms with E-state index in [2.05, 4.69) is 20.2 Å². The van der Waals surface area contributed by atoms with Crippen molar-refractivity contribution in [2.24, 2.45) is 0 Å². The maximum absolute atomic E-state index is 12.9. The molecule has 31 heavy (non-hydrogen) atoms. The minimum Gasteiger partial charge on any atom is -0.316 e. The van der Waals surface area contributed by atoms with Gasteiger partial charge in [-0.15, -0.1) is 4.83 Å². The zero-order valence-corrected chi connectivity index (χ0v) is 17.7. The molecule has 12 heteroatoms. The molecule has 3 aromatic rings. The van der Waals surface area contributed by atoms with Gasteiger partial charge in [0.25, 0.3) is 15.9 Å². The smallest absolute Gasteiger partial charge is 0.314 e. The van der Waals surface area contributed by atoms with Crippen molar-refractivity contribution < 1.29 is 13.2 Å². The molecule has 0 fully saturated rings. The van der Waals surface area contributed by atoms with E-state index in [-0.39, 0.29) is 16.3 Å². The first-order valence-corrected chi connectivity index (χ1v) is 11.4. The number of thioether (sulfide) groups is 1. The maximum atomic E-state index is 12.9. The van der Waals surface area contributed by atoms with E-state index in [1.165, 1.54) is 34.9 Å². The van der Waals surface area contributed by atoms with Gasteiger partial charge in [0.1, 0.15) is 0 Å². The Bertz CT molecular complexity index is 1410. The molecule has 1 atom stereocenters. The van der Waals surface area contributed by atoms with Gasteiger partial charge in [-0.3, -0.25) is 19.3 Å². The third kappa shape index (κ3) is 4.18. The zero-order chi connectivity index (χ0) is 22.2. The highest BCUT2D eigenvalue weighted by molar-refractivity contribution is 8.02. The average Bonchev–Trinajstić information content (AvgIpc) is 3.13. The van der Waals surface area contributed by atoms with E-state index in [4.69, 9.17) is 0 Å². The van der Waals surface area contributed by atoms with E-state index >= 15 is 0 Å². The van der Waals surface area contributed by atoms with Gasteiger partial charge in [0.05, 0.1) is 15.9 Å². The van der Waals surface area contributed by atoms with Gasteiger partial charge in [-0.25, -0.2) is 13.8 Å². The standard InChI is InChI=1S/C19H17N5O5S2/c1-11-10-30-19(24(11)18(27)12-5-3-2-4-6-12)22-23-31(28,29)13-7-8-14-15(9-13)21-17(26)16(25)20-14/h2-10,19,22-23H,1H3,(H,20,25)(H,21,26). The highest BCUT2D eigenvalue weighted by atomic mass is 32.2. The summed E-state index contributed by atoms with van der Waals surface area (Å²) < 4.78 is 25.5. The Morgan fingerprint density at radius 3 is 2.42 bits per heavy atom. The molecular weight excluding hydrogens is 442 g/mol. The molecule has 2 heterocycles. The number of aromatic amines is 2. The maximum Gasteiger partial charge on any atom is 0.314 e. The molecule has 0 spiro atoms. The van der Waals surface area contributed by atoms with Gasteiger partial charge in [0.2, 0.25) is 0 Å². The molecule has 1 aromatic heterocycles. The molecule has 160 valence electrons. The number of nitrogens with one attached hydrogen (secondary N) is 4. The van der Waals surface area contributed by atoms with Crippen molar-refractivity contribution >= 4 is 38.7 Å². The first-order valence-electron chi connectivity index (χ1n) is 9.01. The van der Waals surface area contributed by atoms with Gasteiger partial charge in [-0.1, -0.05) is 30.0 Å². The quantitative estimate of drug-likeness (QED) is 0.329. The van der Waals surface area contributed by atoms with Gasteiger partial charge in [0.15, 0.2) is 5.50 Å². The Kier molecular flexibility index (Phi) is 5.54. The lowest BCUT2D eigenvalue weighted by Crippen LogP contribution is -2.50. The molecule has 4 rings (SSSR count). The van der Waals surface area contributed by atoms with Crippen molar-refractivity contribution in [1.29, 1.82) is 0 Å². The predicted molar refractivity (Wildman–Crippen MR) is 116 cm³/mol. The van der Waals surface area contributed by atoms with Gasteiger partial charge < -0.3 is 9.97 Å². The van der Waals surface area contributed by atoms with Gasteiger partial charge in [0, 0.05) is 11.3 Å². The summed E-state index contributed by atoms with van der Waals surface area (Å²) in [5, 5.41) is 1.75. The van der Waals surface area contributed by atoms with Crippen LogP contribution in [0.3, 0.4) is 0 Å². The molecule has 0 saturated carbocycles. The number of allylic oxidation sites excluding steroid dienone is 1. The van der Waals surface area contributed by atoms with Crippen LogP contribution in [-0.4, -0.2) is 34.7 Å². The lowest BCUT2D eigenvalue weighted by molar-refractivity contribution is 0.0779. The first-order chi connectivity index (χ1) is 14.8. The number of benzene rings is 2. The number of nitrogens with zero attached hydrogens (tertiary/aromatic N) is 1. The fourth-order valence-electron chi connectivity index (χ4n) is 3.00. The van der Waals surface area contributed by atoms with E-state index in [9.17, 15) is 22.8 Å². The first kappa shape index (κ1) is 21.1. The summed E-state index contributed by atoms with van der Waals surface area (Å²) in [7, 11) is -4.04. The lowest BCUT2D eigenvalue weighted by atomic mass is 10.2. The molecule has 0 bridgehead atoms. The fourth-order valence-corrected chi connectivity index (χ4v) is 4.93. The third-order valence-corrected chi connectivity index (χ3v) is 6.87. The average molecular weight is 460 g/mol. The summed E-state index contributed by atoms with van der Waals surface area (Å²) >= 11 is 1.24. The Hall–Kier alpha value is -3.19. The molecule has 2 aromatic carbocycles. The molecule has 10 nitrogen and oxygen atoms in total. The molecule has 1 aliphatic heterocycles. The molecule has 0 saturated heterocycles. The Labute approximate surface area is 180 Å². The van der Waals surface area contributed by atoms with Crippen molar-refractivity contribution in [1.82, 2.24) is 25.1 Å². The van der Waals surface area contributed by atoms with Crippen LogP contribution in [0.2, 0.25) is 0 Å². The van der Waals surface area contributed by atoms with Gasteiger partial charge in [-0.05, 0) is 42.7 Å². The van der Waals surface area contributed by atoms with E-state index in [1.54, 1.807) is 42.7 Å². The second-order valence-electron chi connectivity index (χ2n) is 6.65. The summed E-state index contributed by atoms with van der Waals surface area (Å²) in [6.07, 6.45) is 0. The molecule has 1 amide bonds. The van der Waals surface area contributed by atoms with E-state index in [0.29, 0.717) is 16.8 Å². The van der Waals surface area contributed by atoms with E-state index in [1.807, 2.05) is 0 Å². The van der Waals surface area contributed by atoms with Crippen LogP contribution in [0.25, 0.3) is 11.0 Å². The minimum absolute atomic E-state index is 0.135. The van der Waals surface area contributed by atoms with Crippen LogP contribution in [-0.2, 0) is 10.0 Å². The lowest BCUT2D eigenvalue weighted by Gasteiger charge is -2.26. The number of rotatable bonds is 5. The Morgan fingerprint density at radius 1 is 1.03 bits per heavy atom. The number of carbonyl (C=O) groups is 1. The number of hydrogen-bond donors (Lipinski definition) is 4. The highest BCUT2D eigenvalue weighted by Gasteiger charge is 2.31. The summed E-state index contributed by atoms with van der Waals surface area (Å²) in [5.74, 6) is -0.275. The molecule has 1 aliphatic rings. The number of hydrazine groups is 1. The summed E-state index contributed by atoms with van der Waals surface area (Å²) in [6, 6.07) is 12.6. The topological polar surface area (TPSA) is 144 Å². The SMILES string of the molecule is CC1=CSC(NNS(=O)(=O)c2ccc3[nH]c(=O)c(=O)[nH]c3c2)N1C(=O)c1ccccc1. The molecule has 4 N–H and O–H groups in total. The number of H-pyrrole nitrogens is 2. The van der Waals surface area contributed by atoms with Crippen LogP contribution < -0.4 is 21.4 Å². The van der Waals surface area contributed by atoms with E-state index < -0.39 is 26.6 Å². The third-order valence-electron chi connectivity index (χ3n) is 4.54. The number of amides is 1. The second kappa shape index (κ2) is 8.15. The van der Waals surface area contributed by atoms with Crippen molar-refractivity contribution in [3.05, 3.63) is 85.9 Å². The molecule has 0 aliphatic carbocycles. The van der Waals surface area contributed by atoms with Crippen LogP contribution in [0.4, 0.5) is 0 Å². The van der Waals surface area contributed by atoms with E-state index in [0.717, 1.165) is 0 Å². The van der Waals surface area contributed by atoms with Crippen molar-refractivity contribution in [3.8, 4) is 0 Å². The van der Waals surface area contributed by atoms with Crippen molar-refractivity contribution in [2.45, 2.75) is 17.3 Å².